The molecular weight excluding hydrogens is 232 g/mol. The van der Waals surface area contributed by atoms with Crippen molar-refractivity contribution in [3.8, 4) is 0 Å². The molecule has 1 aromatic heterocycles. The maximum absolute atomic E-state index is 5.78. The van der Waals surface area contributed by atoms with Crippen LogP contribution in [0.4, 0.5) is 5.88 Å². The van der Waals surface area contributed by atoms with Crippen LogP contribution in [-0.2, 0) is 14.9 Å². The van der Waals surface area contributed by atoms with Crippen LogP contribution < -0.4 is 5.73 Å². The van der Waals surface area contributed by atoms with Crippen LogP contribution >= 0.6 is 0 Å². The molecule has 0 radical (unpaired) electrons. The van der Waals surface area contributed by atoms with Crippen LogP contribution in [0.5, 0.6) is 0 Å². The Kier molecular flexibility index (Phi) is 2.64. The van der Waals surface area contributed by atoms with Crippen LogP contribution in [0.1, 0.15) is 38.8 Å². The van der Waals surface area contributed by atoms with E-state index in [0.29, 0.717) is 25.0 Å². The van der Waals surface area contributed by atoms with Gasteiger partial charge in [-0.15, -0.1) is 0 Å². The van der Waals surface area contributed by atoms with Crippen molar-refractivity contribution in [3.63, 3.8) is 0 Å². The standard InChI is InChI=1S/C13H20N2O3/c1-12(2,10-7-11(14)18-15-10)9-3-4-13(8-9)16-5-6-17-13/h7,9H,3-6,8,14H2,1-2H3. The van der Waals surface area contributed by atoms with E-state index in [4.69, 9.17) is 19.7 Å². The third kappa shape index (κ3) is 1.82. The van der Waals surface area contributed by atoms with Gasteiger partial charge >= 0.3 is 0 Å². The van der Waals surface area contributed by atoms with E-state index in [-0.39, 0.29) is 11.2 Å². The predicted octanol–water partition coefficient (Wildman–Crippen LogP) is 2.08. The van der Waals surface area contributed by atoms with Crippen LogP contribution in [0.2, 0.25) is 0 Å². The number of aromatic nitrogens is 1. The van der Waals surface area contributed by atoms with Gasteiger partial charge in [-0.05, 0) is 12.3 Å². The van der Waals surface area contributed by atoms with E-state index in [1.54, 1.807) is 0 Å². The highest BCUT2D eigenvalue weighted by Gasteiger charge is 2.49. The average Bonchev–Trinajstić information content (AvgIpc) is 3.02. The molecule has 1 spiro atoms. The van der Waals surface area contributed by atoms with E-state index < -0.39 is 0 Å². The van der Waals surface area contributed by atoms with Crippen molar-refractivity contribution < 1.29 is 14.0 Å². The van der Waals surface area contributed by atoms with Crippen molar-refractivity contribution in [3.05, 3.63) is 11.8 Å². The van der Waals surface area contributed by atoms with Gasteiger partial charge in [-0.3, -0.25) is 0 Å². The fourth-order valence-electron chi connectivity index (χ4n) is 3.15. The van der Waals surface area contributed by atoms with Gasteiger partial charge in [0.25, 0.3) is 0 Å². The first-order valence-corrected chi connectivity index (χ1v) is 6.52. The van der Waals surface area contributed by atoms with Crippen LogP contribution in [0, 0.1) is 5.92 Å². The summed E-state index contributed by atoms with van der Waals surface area (Å²) >= 11 is 0. The summed E-state index contributed by atoms with van der Waals surface area (Å²) in [7, 11) is 0. The maximum Gasteiger partial charge on any atom is 0.222 e. The number of ether oxygens (including phenoxy) is 2. The molecule has 2 aliphatic rings. The smallest absolute Gasteiger partial charge is 0.222 e. The fourth-order valence-corrected chi connectivity index (χ4v) is 3.15. The van der Waals surface area contributed by atoms with Gasteiger partial charge in [0.1, 0.15) is 0 Å². The average molecular weight is 252 g/mol. The molecule has 2 N–H and O–H groups in total. The molecule has 5 nitrogen and oxygen atoms in total. The van der Waals surface area contributed by atoms with Crippen molar-refractivity contribution in [1.29, 1.82) is 0 Å². The van der Waals surface area contributed by atoms with E-state index in [9.17, 15) is 0 Å². The van der Waals surface area contributed by atoms with E-state index in [2.05, 4.69) is 19.0 Å². The fraction of sp³-hybridized carbons (Fsp3) is 0.769. The molecule has 1 aliphatic carbocycles. The number of anilines is 1. The number of nitrogen functional groups attached to an aromatic ring is 1. The first-order valence-electron chi connectivity index (χ1n) is 6.52. The SMILES string of the molecule is CC(C)(c1cc(N)on1)C1CCC2(C1)OCCO2. The Morgan fingerprint density at radius 1 is 1.39 bits per heavy atom. The summed E-state index contributed by atoms with van der Waals surface area (Å²) in [5.41, 5.74) is 6.46. The Morgan fingerprint density at radius 2 is 2.11 bits per heavy atom. The minimum Gasteiger partial charge on any atom is -0.368 e. The third-order valence-electron chi connectivity index (χ3n) is 4.45. The molecular formula is C13H20N2O3. The molecule has 5 heteroatoms. The van der Waals surface area contributed by atoms with Crippen LogP contribution in [0.3, 0.4) is 0 Å². The molecule has 1 aromatic rings. The number of rotatable bonds is 2. The molecule has 100 valence electrons. The Hall–Kier alpha value is -1.07. The van der Waals surface area contributed by atoms with E-state index in [1.807, 2.05) is 6.07 Å². The summed E-state index contributed by atoms with van der Waals surface area (Å²) in [5.74, 6) is 0.510. The second-order valence-corrected chi connectivity index (χ2v) is 5.88. The molecule has 2 fully saturated rings. The molecule has 1 saturated heterocycles. The van der Waals surface area contributed by atoms with Crippen LogP contribution in [0.25, 0.3) is 0 Å². The lowest BCUT2D eigenvalue weighted by atomic mass is 9.75. The zero-order valence-electron chi connectivity index (χ0n) is 10.9. The summed E-state index contributed by atoms with van der Waals surface area (Å²) in [4.78, 5) is 0. The van der Waals surface area contributed by atoms with E-state index in [1.165, 1.54) is 0 Å². The van der Waals surface area contributed by atoms with Crippen molar-refractivity contribution >= 4 is 5.88 Å². The number of nitrogens with zero attached hydrogens (tertiary/aromatic N) is 1. The molecule has 3 rings (SSSR count). The van der Waals surface area contributed by atoms with Gasteiger partial charge in [-0.2, -0.15) is 0 Å². The Labute approximate surface area is 107 Å². The van der Waals surface area contributed by atoms with Crippen molar-refractivity contribution in [2.45, 2.75) is 44.3 Å². The molecule has 0 bridgehead atoms. The first kappa shape index (κ1) is 12.0. The number of nitrogens with two attached hydrogens (primary N) is 1. The number of hydrogen-bond donors (Lipinski definition) is 1. The van der Waals surface area contributed by atoms with E-state index >= 15 is 0 Å². The molecule has 1 saturated carbocycles. The summed E-state index contributed by atoms with van der Waals surface area (Å²) in [6.07, 6.45) is 2.97. The highest BCUT2D eigenvalue weighted by atomic mass is 16.7. The van der Waals surface area contributed by atoms with Gasteiger partial charge in [0.05, 0.1) is 18.9 Å². The van der Waals surface area contributed by atoms with Gasteiger partial charge in [-0.25, -0.2) is 0 Å². The minimum absolute atomic E-state index is 0.0695. The first-order chi connectivity index (χ1) is 8.52. The summed E-state index contributed by atoms with van der Waals surface area (Å²) in [5, 5.41) is 4.07. The molecule has 1 aliphatic heterocycles. The lowest BCUT2D eigenvalue weighted by molar-refractivity contribution is -0.153. The zero-order valence-corrected chi connectivity index (χ0v) is 10.9. The maximum atomic E-state index is 5.78. The molecule has 0 amide bonds. The van der Waals surface area contributed by atoms with Gasteiger partial charge < -0.3 is 19.7 Å². The van der Waals surface area contributed by atoms with Crippen molar-refractivity contribution in [2.24, 2.45) is 5.92 Å². The normalized spacial score (nSPS) is 27.1. The zero-order chi connectivity index (χ0) is 12.8. The second-order valence-electron chi connectivity index (χ2n) is 5.88. The monoisotopic (exact) mass is 252 g/mol. The number of hydrogen-bond acceptors (Lipinski definition) is 5. The Bertz CT molecular complexity index is 435. The minimum atomic E-state index is -0.336. The van der Waals surface area contributed by atoms with Crippen LogP contribution in [0.15, 0.2) is 10.6 Å². The van der Waals surface area contributed by atoms with Gasteiger partial charge in [0, 0.05) is 24.3 Å². The Balaban J connectivity index is 1.79. The molecule has 1 atom stereocenters. The molecule has 2 heterocycles. The largest absolute Gasteiger partial charge is 0.368 e. The van der Waals surface area contributed by atoms with Crippen molar-refractivity contribution in [1.82, 2.24) is 5.16 Å². The lowest BCUT2D eigenvalue weighted by Gasteiger charge is -2.30. The molecule has 18 heavy (non-hydrogen) atoms. The predicted molar refractivity (Wildman–Crippen MR) is 65.9 cm³/mol. The van der Waals surface area contributed by atoms with Gasteiger partial charge in [0.15, 0.2) is 5.79 Å². The second kappa shape index (κ2) is 3.96. The van der Waals surface area contributed by atoms with Crippen LogP contribution in [-0.4, -0.2) is 24.2 Å². The highest BCUT2D eigenvalue weighted by Crippen LogP contribution is 2.48. The third-order valence-corrected chi connectivity index (χ3v) is 4.45. The Morgan fingerprint density at radius 3 is 2.72 bits per heavy atom. The topological polar surface area (TPSA) is 70.5 Å². The lowest BCUT2D eigenvalue weighted by Crippen LogP contribution is -2.32. The summed E-state index contributed by atoms with van der Waals surface area (Å²) < 4.78 is 16.5. The highest BCUT2D eigenvalue weighted by molar-refractivity contribution is 5.29. The quantitative estimate of drug-likeness (QED) is 0.872. The van der Waals surface area contributed by atoms with Gasteiger partial charge in [0.2, 0.25) is 5.88 Å². The molecule has 0 aromatic carbocycles. The summed E-state index contributed by atoms with van der Waals surface area (Å²) in [6, 6.07) is 1.82. The summed E-state index contributed by atoms with van der Waals surface area (Å²) in [6.45, 7) is 5.79. The van der Waals surface area contributed by atoms with Crippen molar-refractivity contribution in [2.75, 3.05) is 18.9 Å². The van der Waals surface area contributed by atoms with Gasteiger partial charge in [-0.1, -0.05) is 19.0 Å². The molecule has 1 unspecified atom stereocenters. The van der Waals surface area contributed by atoms with E-state index in [0.717, 1.165) is 25.0 Å².